The lowest BCUT2D eigenvalue weighted by molar-refractivity contribution is -0.122. The summed E-state index contributed by atoms with van der Waals surface area (Å²) >= 11 is 5.97. The molecule has 0 aliphatic carbocycles. The van der Waals surface area contributed by atoms with Gasteiger partial charge in [-0.15, -0.1) is 0 Å². The number of benzene rings is 1. The maximum Gasteiger partial charge on any atom is 0.243 e. The molecule has 1 N–H and O–H groups in total. The van der Waals surface area contributed by atoms with E-state index >= 15 is 0 Å². The molecule has 1 amide bonds. The summed E-state index contributed by atoms with van der Waals surface area (Å²) < 4.78 is 25.6. The molecule has 25 heavy (non-hydrogen) atoms. The summed E-state index contributed by atoms with van der Waals surface area (Å²) in [6.07, 6.45) is 5.39. The standard InChI is InChI=1S/C18H29ClN2O3S/c1-5-7-9-15(6-2)13-20-18(22)14(3)21(25(4,23)24)17-11-8-10-16(19)12-17/h8,10-12,14-15H,5-7,9,13H2,1-4H3,(H,20,22)/t14-,15+/m1/s1. The molecule has 0 saturated heterocycles. The van der Waals surface area contributed by atoms with Crippen molar-refractivity contribution in [3.05, 3.63) is 29.3 Å². The van der Waals surface area contributed by atoms with Crippen LogP contribution in [0.15, 0.2) is 24.3 Å². The van der Waals surface area contributed by atoms with E-state index in [9.17, 15) is 13.2 Å². The molecule has 7 heteroatoms. The summed E-state index contributed by atoms with van der Waals surface area (Å²) in [5, 5.41) is 3.32. The van der Waals surface area contributed by atoms with Crippen LogP contribution >= 0.6 is 11.6 Å². The average molecular weight is 389 g/mol. The summed E-state index contributed by atoms with van der Waals surface area (Å²) in [6, 6.07) is 5.65. The molecule has 0 heterocycles. The highest BCUT2D eigenvalue weighted by Crippen LogP contribution is 2.24. The lowest BCUT2D eigenvalue weighted by Gasteiger charge is -2.29. The zero-order valence-electron chi connectivity index (χ0n) is 15.5. The van der Waals surface area contributed by atoms with Crippen molar-refractivity contribution in [3.63, 3.8) is 0 Å². The first-order valence-corrected chi connectivity index (χ1v) is 11.0. The molecule has 142 valence electrons. The molecule has 0 fully saturated rings. The Morgan fingerprint density at radius 1 is 1.32 bits per heavy atom. The highest BCUT2D eigenvalue weighted by atomic mass is 35.5. The van der Waals surface area contributed by atoms with Crippen LogP contribution in [0.2, 0.25) is 5.02 Å². The number of unbranched alkanes of at least 4 members (excludes halogenated alkanes) is 1. The number of anilines is 1. The van der Waals surface area contributed by atoms with Crippen LogP contribution in [0, 0.1) is 5.92 Å². The van der Waals surface area contributed by atoms with E-state index in [-0.39, 0.29) is 5.91 Å². The smallest absolute Gasteiger partial charge is 0.243 e. The molecular weight excluding hydrogens is 360 g/mol. The maximum atomic E-state index is 12.5. The van der Waals surface area contributed by atoms with Gasteiger partial charge >= 0.3 is 0 Å². The SMILES string of the molecule is CCCC[C@H](CC)CNC(=O)[C@@H](C)N(c1cccc(Cl)c1)S(C)(=O)=O. The fraction of sp³-hybridized carbons (Fsp3) is 0.611. The van der Waals surface area contributed by atoms with E-state index in [0.29, 0.717) is 23.2 Å². The van der Waals surface area contributed by atoms with Gasteiger partial charge in [-0.2, -0.15) is 0 Å². The molecule has 2 atom stereocenters. The van der Waals surface area contributed by atoms with Crippen LogP contribution in [-0.2, 0) is 14.8 Å². The number of carbonyl (C=O) groups is 1. The van der Waals surface area contributed by atoms with E-state index in [4.69, 9.17) is 11.6 Å². The van der Waals surface area contributed by atoms with Gasteiger partial charge in [-0.3, -0.25) is 9.10 Å². The summed E-state index contributed by atoms with van der Waals surface area (Å²) in [7, 11) is -3.62. The van der Waals surface area contributed by atoms with Crippen LogP contribution in [0.5, 0.6) is 0 Å². The van der Waals surface area contributed by atoms with E-state index in [2.05, 4.69) is 19.2 Å². The van der Waals surface area contributed by atoms with Gasteiger partial charge in [-0.05, 0) is 37.5 Å². The summed E-state index contributed by atoms with van der Waals surface area (Å²) in [6.45, 7) is 6.39. The lowest BCUT2D eigenvalue weighted by Crippen LogP contribution is -2.48. The predicted molar refractivity (Wildman–Crippen MR) is 105 cm³/mol. The summed E-state index contributed by atoms with van der Waals surface area (Å²) in [5.74, 6) is 0.106. The second-order valence-electron chi connectivity index (χ2n) is 6.38. The fourth-order valence-corrected chi connectivity index (χ4v) is 4.11. The number of halogens is 1. The third-order valence-corrected chi connectivity index (χ3v) is 5.74. The van der Waals surface area contributed by atoms with Crippen LogP contribution < -0.4 is 9.62 Å². The predicted octanol–water partition coefficient (Wildman–Crippen LogP) is 3.83. The average Bonchev–Trinajstić information content (AvgIpc) is 2.53. The molecule has 0 spiro atoms. The Morgan fingerprint density at radius 2 is 2.00 bits per heavy atom. The van der Waals surface area contributed by atoms with Crippen molar-refractivity contribution < 1.29 is 13.2 Å². The molecular formula is C18H29ClN2O3S. The minimum atomic E-state index is -3.62. The van der Waals surface area contributed by atoms with Gasteiger partial charge in [0.2, 0.25) is 15.9 Å². The largest absolute Gasteiger partial charge is 0.354 e. The zero-order valence-corrected chi connectivity index (χ0v) is 17.0. The van der Waals surface area contributed by atoms with Gasteiger partial charge < -0.3 is 5.32 Å². The Morgan fingerprint density at radius 3 is 2.52 bits per heavy atom. The number of hydrogen-bond donors (Lipinski definition) is 1. The first-order valence-electron chi connectivity index (χ1n) is 8.73. The van der Waals surface area contributed by atoms with Gasteiger partial charge in [0.1, 0.15) is 6.04 Å². The monoisotopic (exact) mass is 388 g/mol. The van der Waals surface area contributed by atoms with Gasteiger partial charge in [0.05, 0.1) is 11.9 Å². The molecule has 1 rings (SSSR count). The molecule has 0 saturated carbocycles. The van der Waals surface area contributed by atoms with Crippen molar-refractivity contribution >= 4 is 33.2 Å². The van der Waals surface area contributed by atoms with E-state index in [0.717, 1.165) is 36.2 Å². The number of nitrogens with one attached hydrogen (secondary N) is 1. The van der Waals surface area contributed by atoms with Crippen molar-refractivity contribution in [2.75, 3.05) is 17.1 Å². The lowest BCUT2D eigenvalue weighted by atomic mass is 9.99. The van der Waals surface area contributed by atoms with E-state index in [1.807, 2.05) is 0 Å². The second kappa shape index (κ2) is 10.0. The normalized spacial score (nSPS) is 14.0. The zero-order chi connectivity index (χ0) is 19.0. The molecule has 1 aromatic carbocycles. The Kier molecular flexibility index (Phi) is 8.73. The minimum Gasteiger partial charge on any atom is -0.354 e. The van der Waals surface area contributed by atoms with Crippen LogP contribution in [-0.4, -0.2) is 33.2 Å². The molecule has 5 nitrogen and oxygen atoms in total. The number of hydrogen-bond acceptors (Lipinski definition) is 3. The molecule has 0 aliphatic rings. The molecule has 0 radical (unpaired) electrons. The first-order chi connectivity index (χ1) is 11.7. The number of amides is 1. The first kappa shape index (κ1) is 21.8. The van der Waals surface area contributed by atoms with Gasteiger partial charge in [0.25, 0.3) is 0 Å². The van der Waals surface area contributed by atoms with Crippen molar-refractivity contribution in [1.82, 2.24) is 5.32 Å². The van der Waals surface area contributed by atoms with Gasteiger partial charge in [-0.1, -0.05) is 50.8 Å². The van der Waals surface area contributed by atoms with E-state index in [1.54, 1.807) is 31.2 Å². The molecule has 0 aliphatic heterocycles. The van der Waals surface area contributed by atoms with Crippen molar-refractivity contribution in [1.29, 1.82) is 0 Å². The third-order valence-electron chi connectivity index (χ3n) is 4.26. The number of nitrogens with zero attached hydrogens (tertiary/aromatic N) is 1. The molecule has 1 aromatic rings. The Labute approximate surface area is 156 Å². The Balaban J connectivity index is 2.88. The number of rotatable bonds is 10. The van der Waals surface area contributed by atoms with E-state index in [1.165, 1.54) is 0 Å². The second-order valence-corrected chi connectivity index (χ2v) is 8.67. The van der Waals surface area contributed by atoms with Crippen LogP contribution in [0.4, 0.5) is 5.69 Å². The van der Waals surface area contributed by atoms with E-state index < -0.39 is 16.1 Å². The maximum absolute atomic E-state index is 12.5. The van der Waals surface area contributed by atoms with Crippen LogP contribution in [0.25, 0.3) is 0 Å². The number of sulfonamides is 1. The van der Waals surface area contributed by atoms with Gasteiger partial charge in [0, 0.05) is 11.6 Å². The molecule has 0 unspecified atom stereocenters. The highest BCUT2D eigenvalue weighted by molar-refractivity contribution is 7.92. The van der Waals surface area contributed by atoms with Crippen molar-refractivity contribution in [3.8, 4) is 0 Å². The summed E-state index contributed by atoms with van der Waals surface area (Å²) in [4.78, 5) is 12.5. The minimum absolute atomic E-state index is 0.305. The van der Waals surface area contributed by atoms with Gasteiger partial charge in [0.15, 0.2) is 0 Å². The van der Waals surface area contributed by atoms with Crippen LogP contribution in [0.3, 0.4) is 0 Å². The Bertz CT molecular complexity index is 664. The quantitative estimate of drug-likeness (QED) is 0.662. The third kappa shape index (κ3) is 6.86. The molecule has 0 bridgehead atoms. The Hall–Kier alpha value is -1.27. The topological polar surface area (TPSA) is 66.5 Å². The van der Waals surface area contributed by atoms with Gasteiger partial charge in [-0.25, -0.2) is 8.42 Å². The highest BCUT2D eigenvalue weighted by Gasteiger charge is 2.29. The van der Waals surface area contributed by atoms with Crippen molar-refractivity contribution in [2.24, 2.45) is 5.92 Å². The summed E-state index contributed by atoms with van der Waals surface area (Å²) in [5.41, 5.74) is 0.385. The number of carbonyl (C=O) groups excluding carboxylic acids is 1. The molecule has 0 aromatic heterocycles. The van der Waals surface area contributed by atoms with Crippen molar-refractivity contribution in [2.45, 2.75) is 52.5 Å². The fourth-order valence-electron chi connectivity index (χ4n) is 2.76. The van der Waals surface area contributed by atoms with Crippen LogP contribution in [0.1, 0.15) is 46.5 Å².